The normalized spacial score (nSPS) is 11.1. The molecule has 7 nitrogen and oxygen atoms in total. The van der Waals surface area contributed by atoms with Crippen molar-refractivity contribution in [2.75, 3.05) is 11.1 Å². The van der Waals surface area contributed by atoms with E-state index < -0.39 is 10.0 Å². The summed E-state index contributed by atoms with van der Waals surface area (Å²) in [7, 11) is -3.82. The minimum absolute atomic E-state index is 0.0599. The number of rotatable bonds is 6. The van der Waals surface area contributed by atoms with Crippen molar-refractivity contribution in [3.8, 4) is 11.3 Å². The molecule has 0 spiro atoms. The first kappa shape index (κ1) is 19.0. The number of hydrogen-bond acceptors (Lipinski definition) is 6. The van der Waals surface area contributed by atoms with Gasteiger partial charge in [0.2, 0.25) is 15.9 Å². The van der Waals surface area contributed by atoms with E-state index in [-0.39, 0.29) is 16.6 Å². The molecule has 27 heavy (non-hydrogen) atoms. The third-order valence-electron chi connectivity index (χ3n) is 3.51. The van der Waals surface area contributed by atoms with E-state index in [1.54, 1.807) is 12.1 Å². The molecule has 1 heterocycles. The van der Waals surface area contributed by atoms with Gasteiger partial charge in [0, 0.05) is 11.3 Å². The minimum Gasteiger partial charge on any atom is -0.325 e. The van der Waals surface area contributed by atoms with Gasteiger partial charge in [-0.1, -0.05) is 48.2 Å². The predicted octanol–water partition coefficient (Wildman–Crippen LogP) is 2.52. The van der Waals surface area contributed by atoms with Crippen molar-refractivity contribution in [3.05, 3.63) is 66.7 Å². The van der Waals surface area contributed by atoms with Gasteiger partial charge >= 0.3 is 0 Å². The molecule has 2 aromatic carbocycles. The number of nitrogens with zero attached hydrogens (tertiary/aromatic N) is 2. The summed E-state index contributed by atoms with van der Waals surface area (Å²) in [6.07, 6.45) is 0. The number of primary sulfonamides is 1. The van der Waals surface area contributed by atoms with E-state index in [4.69, 9.17) is 5.14 Å². The number of benzene rings is 2. The lowest BCUT2D eigenvalue weighted by atomic mass is 10.1. The van der Waals surface area contributed by atoms with E-state index in [9.17, 15) is 13.2 Å². The molecule has 0 radical (unpaired) electrons. The summed E-state index contributed by atoms with van der Waals surface area (Å²) in [5, 5.41) is 16.6. The van der Waals surface area contributed by atoms with Gasteiger partial charge in [0.25, 0.3) is 0 Å². The van der Waals surface area contributed by atoms with Crippen LogP contribution in [-0.4, -0.2) is 30.3 Å². The van der Waals surface area contributed by atoms with Crippen LogP contribution >= 0.6 is 11.8 Å². The second kappa shape index (κ2) is 8.30. The van der Waals surface area contributed by atoms with Crippen LogP contribution in [0.4, 0.5) is 5.69 Å². The summed E-state index contributed by atoms with van der Waals surface area (Å²) in [6.45, 7) is 0. The number of anilines is 1. The summed E-state index contributed by atoms with van der Waals surface area (Å²) in [5.74, 6) is -0.181. The van der Waals surface area contributed by atoms with Crippen LogP contribution in [0, 0.1) is 0 Å². The van der Waals surface area contributed by atoms with Crippen LogP contribution in [0.25, 0.3) is 11.3 Å². The Hall–Kier alpha value is -2.75. The number of hydrogen-bond donors (Lipinski definition) is 2. The van der Waals surface area contributed by atoms with E-state index in [1.807, 2.05) is 36.4 Å². The molecule has 0 bridgehead atoms. The Bertz CT molecular complexity index is 1040. The minimum atomic E-state index is -3.82. The van der Waals surface area contributed by atoms with E-state index in [1.165, 1.54) is 30.0 Å². The molecular weight excluding hydrogens is 384 g/mol. The molecule has 0 saturated carbocycles. The molecule has 3 aromatic rings. The Labute approximate surface area is 161 Å². The van der Waals surface area contributed by atoms with E-state index in [0.29, 0.717) is 10.7 Å². The largest absolute Gasteiger partial charge is 0.325 e. The zero-order chi connectivity index (χ0) is 19.3. The number of nitrogens with two attached hydrogens (primary N) is 1. The second-order valence-corrected chi connectivity index (χ2v) is 8.09. The molecule has 0 fully saturated rings. The van der Waals surface area contributed by atoms with Gasteiger partial charge in [-0.25, -0.2) is 13.6 Å². The number of nitrogens with one attached hydrogen (secondary N) is 1. The summed E-state index contributed by atoms with van der Waals surface area (Å²) in [6, 6.07) is 19.1. The Morgan fingerprint density at radius 1 is 1.00 bits per heavy atom. The van der Waals surface area contributed by atoms with Gasteiger partial charge < -0.3 is 5.32 Å². The zero-order valence-corrected chi connectivity index (χ0v) is 15.7. The molecule has 1 amide bonds. The van der Waals surface area contributed by atoms with Crippen molar-refractivity contribution in [2.45, 2.75) is 9.92 Å². The Morgan fingerprint density at radius 2 is 1.78 bits per heavy atom. The topological polar surface area (TPSA) is 115 Å². The number of carbonyl (C=O) groups excluding carboxylic acids is 1. The summed E-state index contributed by atoms with van der Waals surface area (Å²) in [5.41, 5.74) is 2.08. The van der Waals surface area contributed by atoms with Crippen LogP contribution in [-0.2, 0) is 14.8 Å². The number of aromatic nitrogens is 2. The van der Waals surface area contributed by atoms with Crippen LogP contribution in [0.2, 0.25) is 0 Å². The van der Waals surface area contributed by atoms with Crippen LogP contribution in [0.15, 0.2) is 76.7 Å². The monoisotopic (exact) mass is 400 g/mol. The second-order valence-electron chi connectivity index (χ2n) is 5.53. The Morgan fingerprint density at radius 3 is 2.44 bits per heavy atom. The van der Waals surface area contributed by atoms with E-state index in [0.717, 1.165) is 11.3 Å². The van der Waals surface area contributed by atoms with Gasteiger partial charge in [0.05, 0.1) is 16.3 Å². The Balaban J connectivity index is 1.58. The molecule has 138 valence electrons. The maximum absolute atomic E-state index is 12.1. The average Bonchev–Trinajstić information content (AvgIpc) is 2.67. The summed E-state index contributed by atoms with van der Waals surface area (Å²) in [4.78, 5) is 12.0. The maximum Gasteiger partial charge on any atom is 0.238 e. The molecule has 1 aromatic heterocycles. The first-order valence-electron chi connectivity index (χ1n) is 7.86. The fraction of sp³-hybridized carbons (Fsp3) is 0.0556. The highest BCUT2D eigenvalue weighted by molar-refractivity contribution is 7.99. The van der Waals surface area contributed by atoms with Crippen LogP contribution in [0.3, 0.4) is 0 Å². The summed E-state index contributed by atoms with van der Waals surface area (Å²) >= 11 is 1.23. The maximum atomic E-state index is 12.1. The molecule has 0 aliphatic carbocycles. The van der Waals surface area contributed by atoms with Crippen molar-refractivity contribution in [2.24, 2.45) is 5.14 Å². The van der Waals surface area contributed by atoms with Crippen LogP contribution < -0.4 is 10.5 Å². The lowest BCUT2D eigenvalue weighted by Crippen LogP contribution is -2.16. The number of amides is 1. The van der Waals surface area contributed by atoms with Crippen LogP contribution in [0.5, 0.6) is 0 Å². The quantitative estimate of drug-likeness (QED) is 0.615. The van der Waals surface area contributed by atoms with Crippen LogP contribution in [0.1, 0.15) is 0 Å². The van der Waals surface area contributed by atoms with Crippen molar-refractivity contribution >= 4 is 33.4 Å². The molecule has 0 unspecified atom stereocenters. The molecule has 3 N–H and O–H groups in total. The lowest BCUT2D eigenvalue weighted by molar-refractivity contribution is -0.113. The Kier molecular flexibility index (Phi) is 5.84. The molecule has 0 aliphatic heterocycles. The first-order valence-corrected chi connectivity index (χ1v) is 10.4. The SMILES string of the molecule is NS(=O)(=O)c1cccc(NC(=O)CSc2ccc(-c3ccccc3)nn2)c1. The van der Waals surface area contributed by atoms with Gasteiger partial charge in [-0.05, 0) is 30.3 Å². The highest BCUT2D eigenvalue weighted by Crippen LogP contribution is 2.20. The zero-order valence-electron chi connectivity index (χ0n) is 14.1. The van der Waals surface area contributed by atoms with Crippen molar-refractivity contribution < 1.29 is 13.2 Å². The number of carbonyl (C=O) groups is 1. The fourth-order valence-electron chi connectivity index (χ4n) is 2.25. The van der Waals surface area contributed by atoms with Gasteiger partial charge in [0.15, 0.2) is 0 Å². The number of sulfonamides is 1. The third-order valence-corrected chi connectivity index (χ3v) is 5.34. The van der Waals surface area contributed by atoms with E-state index >= 15 is 0 Å². The molecule has 9 heteroatoms. The standard InChI is InChI=1S/C18H16N4O3S2/c19-27(24,25)15-8-4-7-14(11-15)20-17(23)12-26-18-10-9-16(21-22-18)13-5-2-1-3-6-13/h1-11H,12H2,(H,20,23)(H2,19,24,25). The fourth-order valence-corrected chi connectivity index (χ4v) is 3.42. The summed E-state index contributed by atoms with van der Waals surface area (Å²) < 4.78 is 22.7. The van der Waals surface area contributed by atoms with Gasteiger partial charge in [-0.2, -0.15) is 0 Å². The predicted molar refractivity (Wildman–Crippen MR) is 105 cm³/mol. The first-order chi connectivity index (χ1) is 12.9. The highest BCUT2D eigenvalue weighted by Gasteiger charge is 2.10. The third kappa shape index (κ3) is 5.36. The van der Waals surface area contributed by atoms with Gasteiger partial charge in [-0.3, -0.25) is 4.79 Å². The van der Waals surface area contributed by atoms with Crippen molar-refractivity contribution in [1.29, 1.82) is 0 Å². The average molecular weight is 400 g/mol. The number of thioether (sulfide) groups is 1. The molecule has 0 atom stereocenters. The molecule has 0 saturated heterocycles. The van der Waals surface area contributed by atoms with Gasteiger partial charge in [0.1, 0.15) is 5.03 Å². The highest BCUT2D eigenvalue weighted by atomic mass is 32.2. The lowest BCUT2D eigenvalue weighted by Gasteiger charge is -2.06. The van der Waals surface area contributed by atoms with Gasteiger partial charge in [-0.15, -0.1) is 10.2 Å². The van der Waals surface area contributed by atoms with E-state index in [2.05, 4.69) is 15.5 Å². The molecule has 3 rings (SSSR count). The van der Waals surface area contributed by atoms with Crippen molar-refractivity contribution in [3.63, 3.8) is 0 Å². The smallest absolute Gasteiger partial charge is 0.238 e. The molecular formula is C18H16N4O3S2. The molecule has 0 aliphatic rings. The van der Waals surface area contributed by atoms with Crippen molar-refractivity contribution in [1.82, 2.24) is 10.2 Å².